The molecule has 0 aliphatic heterocycles. The average Bonchev–Trinajstić information content (AvgIpc) is 2.47. The first-order valence-electron chi connectivity index (χ1n) is 7.80. The van der Waals surface area contributed by atoms with Gasteiger partial charge in [0, 0.05) is 0 Å². The highest BCUT2D eigenvalue weighted by molar-refractivity contribution is 5.92. The van der Waals surface area contributed by atoms with Gasteiger partial charge in [-0.15, -0.1) is 0 Å². The van der Waals surface area contributed by atoms with Gasteiger partial charge in [0.05, 0.1) is 6.10 Å². The molecule has 0 rings (SSSR count). The molecule has 0 radical (unpaired) electrons. The van der Waals surface area contributed by atoms with Crippen molar-refractivity contribution in [2.24, 2.45) is 17.6 Å². The molecule has 2 amide bonds. The summed E-state index contributed by atoms with van der Waals surface area (Å²) in [6.07, 6.45) is -0.458. The molecule has 0 aliphatic rings. The van der Waals surface area contributed by atoms with Crippen LogP contribution in [-0.2, 0) is 14.4 Å². The zero-order valence-corrected chi connectivity index (χ0v) is 14.4. The molecule has 134 valence electrons. The van der Waals surface area contributed by atoms with Crippen molar-refractivity contribution in [3.8, 4) is 0 Å². The molecule has 8 nitrogen and oxygen atoms in total. The zero-order valence-electron chi connectivity index (χ0n) is 14.4. The van der Waals surface area contributed by atoms with Crippen LogP contribution in [0.3, 0.4) is 0 Å². The fraction of sp³-hybridized carbons (Fsp3) is 0.800. The van der Waals surface area contributed by atoms with Gasteiger partial charge in [-0.3, -0.25) is 9.59 Å². The summed E-state index contributed by atoms with van der Waals surface area (Å²) in [5.74, 6) is -2.89. The molecule has 23 heavy (non-hydrogen) atoms. The molecular formula is C15H29N3O5. The normalized spacial score (nSPS) is 17.7. The molecule has 0 aliphatic carbocycles. The second-order valence-electron chi connectivity index (χ2n) is 6.21. The number of nitrogens with two attached hydrogens (primary N) is 1. The van der Waals surface area contributed by atoms with Gasteiger partial charge in [-0.1, -0.05) is 34.1 Å². The second-order valence-corrected chi connectivity index (χ2v) is 6.21. The minimum Gasteiger partial charge on any atom is -0.480 e. The van der Waals surface area contributed by atoms with Crippen LogP contribution in [0, 0.1) is 11.8 Å². The minimum atomic E-state index is -1.16. The van der Waals surface area contributed by atoms with E-state index in [0.717, 1.165) is 0 Å². The smallest absolute Gasteiger partial charge is 0.326 e. The van der Waals surface area contributed by atoms with E-state index in [1.165, 1.54) is 6.92 Å². The molecular weight excluding hydrogens is 302 g/mol. The lowest BCUT2D eigenvalue weighted by Crippen LogP contribution is -2.58. The lowest BCUT2D eigenvalue weighted by Gasteiger charge is -2.28. The van der Waals surface area contributed by atoms with Crippen LogP contribution in [0.25, 0.3) is 0 Å². The van der Waals surface area contributed by atoms with Crippen LogP contribution in [0.2, 0.25) is 0 Å². The molecule has 0 saturated heterocycles. The Morgan fingerprint density at radius 2 is 1.48 bits per heavy atom. The maximum absolute atomic E-state index is 12.4. The first-order chi connectivity index (χ1) is 10.5. The van der Waals surface area contributed by atoms with Crippen LogP contribution in [0.5, 0.6) is 0 Å². The molecule has 0 heterocycles. The van der Waals surface area contributed by atoms with Gasteiger partial charge in [0.15, 0.2) is 0 Å². The number of nitrogens with one attached hydrogen (secondary N) is 2. The van der Waals surface area contributed by atoms with Crippen molar-refractivity contribution in [1.29, 1.82) is 0 Å². The van der Waals surface area contributed by atoms with Crippen LogP contribution >= 0.6 is 0 Å². The van der Waals surface area contributed by atoms with E-state index >= 15 is 0 Å². The topological polar surface area (TPSA) is 142 Å². The molecule has 0 unspecified atom stereocenters. The van der Waals surface area contributed by atoms with E-state index in [2.05, 4.69) is 10.6 Å². The number of rotatable bonds is 9. The number of carboxylic acids is 1. The molecule has 0 saturated carbocycles. The van der Waals surface area contributed by atoms with Gasteiger partial charge >= 0.3 is 5.97 Å². The van der Waals surface area contributed by atoms with Crippen molar-refractivity contribution in [2.45, 2.75) is 65.3 Å². The Kier molecular flexibility index (Phi) is 8.78. The van der Waals surface area contributed by atoms with Crippen molar-refractivity contribution in [1.82, 2.24) is 10.6 Å². The number of amides is 2. The summed E-state index contributed by atoms with van der Waals surface area (Å²) in [4.78, 5) is 35.6. The standard InChI is InChI=1S/C15H29N3O5/c1-6-8(4)12(18-13(20)10(16)9(5)19)14(21)17-11(7(2)3)15(22)23/h7-12,19H,6,16H2,1-5H3,(H,17,21)(H,18,20)(H,22,23)/t8-,9+,10-,11-,12-/m0/s1. The fourth-order valence-electron chi connectivity index (χ4n) is 1.93. The predicted octanol–water partition coefficient (Wildman–Crippen LogP) is -0.549. The third-order valence-corrected chi connectivity index (χ3v) is 3.85. The Balaban J connectivity index is 5.14. The monoisotopic (exact) mass is 331 g/mol. The van der Waals surface area contributed by atoms with Gasteiger partial charge in [-0.05, 0) is 18.8 Å². The molecule has 0 spiro atoms. The average molecular weight is 331 g/mol. The van der Waals surface area contributed by atoms with E-state index in [1.54, 1.807) is 20.8 Å². The van der Waals surface area contributed by atoms with Crippen LogP contribution in [0.15, 0.2) is 0 Å². The highest BCUT2D eigenvalue weighted by Gasteiger charge is 2.32. The molecule has 0 aromatic heterocycles. The van der Waals surface area contributed by atoms with Crippen LogP contribution < -0.4 is 16.4 Å². The van der Waals surface area contributed by atoms with Crippen molar-refractivity contribution >= 4 is 17.8 Å². The summed E-state index contributed by atoms with van der Waals surface area (Å²) < 4.78 is 0. The highest BCUT2D eigenvalue weighted by Crippen LogP contribution is 2.10. The van der Waals surface area contributed by atoms with Crippen molar-refractivity contribution in [3.05, 3.63) is 0 Å². The van der Waals surface area contributed by atoms with Crippen LogP contribution in [-0.4, -0.2) is 52.2 Å². The lowest BCUT2D eigenvalue weighted by atomic mass is 9.96. The van der Waals surface area contributed by atoms with E-state index in [4.69, 9.17) is 10.8 Å². The Morgan fingerprint density at radius 1 is 1.00 bits per heavy atom. The number of carboxylic acid groups (broad SMARTS) is 1. The molecule has 6 N–H and O–H groups in total. The Labute approximate surface area is 136 Å². The number of carbonyl (C=O) groups is 3. The molecule has 0 fully saturated rings. The first-order valence-corrected chi connectivity index (χ1v) is 7.80. The van der Waals surface area contributed by atoms with Crippen molar-refractivity contribution in [2.75, 3.05) is 0 Å². The van der Waals surface area contributed by atoms with Gasteiger partial charge < -0.3 is 26.6 Å². The number of aliphatic hydroxyl groups is 1. The summed E-state index contributed by atoms with van der Waals surface area (Å²) in [6.45, 7) is 8.35. The van der Waals surface area contributed by atoms with E-state index in [9.17, 15) is 19.5 Å². The summed E-state index contributed by atoms with van der Waals surface area (Å²) >= 11 is 0. The van der Waals surface area contributed by atoms with E-state index in [1.807, 2.05) is 6.92 Å². The maximum Gasteiger partial charge on any atom is 0.326 e. The molecule has 0 aromatic rings. The predicted molar refractivity (Wildman–Crippen MR) is 85.4 cm³/mol. The van der Waals surface area contributed by atoms with Gasteiger partial charge in [0.25, 0.3) is 0 Å². The molecule has 8 heteroatoms. The van der Waals surface area contributed by atoms with Gasteiger partial charge in [-0.25, -0.2) is 4.79 Å². The number of hydrogen-bond donors (Lipinski definition) is 5. The van der Waals surface area contributed by atoms with Gasteiger partial charge in [0.2, 0.25) is 11.8 Å². The Hall–Kier alpha value is -1.67. The third-order valence-electron chi connectivity index (χ3n) is 3.85. The van der Waals surface area contributed by atoms with E-state index in [-0.39, 0.29) is 11.8 Å². The number of aliphatic hydroxyl groups excluding tert-OH is 1. The van der Waals surface area contributed by atoms with E-state index in [0.29, 0.717) is 6.42 Å². The van der Waals surface area contributed by atoms with Crippen molar-refractivity contribution in [3.63, 3.8) is 0 Å². The first kappa shape index (κ1) is 21.3. The Bertz CT molecular complexity index is 425. The number of aliphatic carboxylic acids is 1. The summed E-state index contributed by atoms with van der Waals surface area (Å²) in [5, 5.41) is 23.5. The summed E-state index contributed by atoms with van der Waals surface area (Å²) in [7, 11) is 0. The van der Waals surface area contributed by atoms with Crippen LogP contribution in [0.4, 0.5) is 0 Å². The SMILES string of the molecule is CC[C@H](C)[C@H](NC(=O)[C@@H](N)[C@@H](C)O)C(=O)N[C@H](C(=O)O)C(C)C. The quantitative estimate of drug-likeness (QED) is 0.384. The molecule has 5 atom stereocenters. The van der Waals surface area contributed by atoms with Crippen molar-refractivity contribution < 1.29 is 24.6 Å². The Morgan fingerprint density at radius 3 is 1.83 bits per heavy atom. The van der Waals surface area contributed by atoms with E-state index < -0.39 is 42.0 Å². The highest BCUT2D eigenvalue weighted by atomic mass is 16.4. The minimum absolute atomic E-state index is 0.221. The lowest BCUT2D eigenvalue weighted by molar-refractivity contribution is -0.143. The second kappa shape index (κ2) is 9.46. The van der Waals surface area contributed by atoms with Gasteiger partial charge in [0.1, 0.15) is 18.1 Å². The van der Waals surface area contributed by atoms with Gasteiger partial charge in [-0.2, -0.15) is 0 Å². The summed E-state index contributed by atoms with van der Waals surface area (Å²) in [6, 6.07) is -3.12. The molecule has 0 bridgehead atoms. The number of hydrogen-bond acceptors (Lipinski definition) is 5. The number of carbonyl (C=O) groups excluding carboxylic acids is 2. The van der Waals surface area contributed by atoms with Crippen LogP contribution in [0.1, 0.15) is 41.0 Å². The largest absolute Gasteiger partial charge is 0.480 e. The zero-order chi connectivity index (χ0) is 18.3. The fourth-order valence-corrected chi connectivity index (χ4v) is 1.93. The molecule has 0 aromatic carbocycles. The summed E-state index contributed by atoms with van der Waals surface area (Å²) in [5.41, 5.74) is 5.56. The maximum atomic E-state index is 12.4. The third kappa shape index (κ3) is 6.54.